The van der Waals surface area contributed by atoms with Crippen LogP contribution in [0, 0.1) is 5.92 Å². The van der Waals surface area contributed by atoms with Crippen LogP contribution in [0.5, 0.6) is 0 Å². The molecule has 2 atom stereocenters. The van der Waals surface area contributed by atoms with Gasteiger partial charge in [-0.25, -0.2) is 0 Å². The van der Waals surface area contributed by atoms with Crippen molar-refractivity contribution in [1.29, 1.82) is 0 Å². The minimum absolute atomic E-state index is 0.00304. The fraction of sp³-hybridized carbons (Fsp3) is 0.529. The predicted molar refractivity (Wildman–Crippen MR) is 95.2 cm³/mol. The van der Waals surface area contributed by atoms with Crippen LogP contribution in [0.1, 0.15) is 43.0 Å². The first-order chi connectivity index (χ1) is 10.5. The Morgan fingerprint density at radius 2 is 1.82 bits per heavy atom. The largest absolute Gasteiger partial charge is 0.359 e. The minimum atomic E-state index is 0.00304. The first kappa shape index (κ1) is 16.7. The highest BCUT2D eigenvalue weighted by atomic mass is 32.1. The van der Waals surface area contributed by atoms with Gasteiger partial charge in [-0.05, 0) is 55.2 Å². The highest BCUT2D eigenvalue weighted by molar-refractivity contribution is 7.80. The van der Waals surface area contributed by atoms with E-state index >= 15 is 0 Å². The Balaban J connectivity index is 1.90. The summed E-state index contributed by atoms with van der Waals surface area (Å²) in [6, 6.07) is 7.86. The van der Waals surface area contributed by atoms with Crippen molar-refractivity contribution < 1.29 is 4.79 Å². The van der Waals surface area contributed by atoms with Crippen molar-refractivity contribution in [3.63, 3.8) is 0 Å². The lowest BCUT2D eigenvalue weighted by Crippen LogP contribution is -2.43. The van der Waals surface area contributed by atoms with Crippen molar-refractivity contribution in [2.45, 2.75) is 38.6 Å². The quantitative estimate of drug-likeness (QED) is 0.840. The Morgan fingerprint density at radius 3 is 2.41 bits per heavy atom. The van der Waals surface area contributed by atoms with Gasteiger partial charge in [-0.15, -0.1) is 0 Å². The van der Waals surface area contributed by atoms with Crippen molar-refractivity contribution in [2.75, 3.05) is 19.4 Å². The molecule has 0 aromatic heterocycles. The van der Waals surface area contributed by atoms with Crippen LogP contribution in [0.3, 0.4) is 0 Å². The number of anilines is 1. The smallest absolute Gasteiger partial charge is 0.253 e. The van der Waals surface area contributed by atoms with E-state index in [1.165, 1.54) is 25.7 Å². The molecule has 1 fully saturated rings. The van der Waals surface area contributed by atoms with Crippen molar-refractivity contribution in [3.05, 3.63) is 29.8 Å². The minimum Gasteiger partial charge on any atom is -0.359 e. The van der Waals surface area contributed by atoms with Crippen molar-refractivity contribution in [2.24, 2.45) is 5.92 Å². The van der Waals surface area contributed by atoms with Gasteiger partial charge < -0.3 is 15.5 Å². The van der Waals surface area contributed by atoms with Gasteiger partial charge in [-0.3, -0.25) is 4.79 Å². The molecule has 5 heteroatoms. The number of carbonyl (C=O) groups excluding carboxylic acids is 1. The molecule has 2 rings (SSSR count). The summed E-state index contributed by atoms with van der Waals surface area (Å²) < 4.78 is 0. The topological polar surface area (TPSA) is 44.4 Å². The Kier molecular flexibility index (Phi) is 5.77. The van der Waals surface area contributed by atoms with Crippen molar-refractivity contribution >= 4 is 28.9 Å². The van der Waals surface area contributed by atoms with E-state index in [1.54, 1.807) is 19.0 Å². The summed E-state index contributed by atoms with van der Waals surface area (Å²) in [6.45, 7) is 2.28. The average Bonchev–Trinajstić information content (AvgIpc) is 2.49. The first-order valence-corrected chi connectivity index (χ1v) is 8.27. The van der Waals surface area contributed by atoms with E-state index in [0.29, 0.717) is 22.6 Å². The van der Waals surface area contributed by atoms with Crippen LogP contribution in [-0.4, -0.2) is 36.1 Å². The van der Waals surface area contributed by atoms with Gasteiger partial charge in [0, 0.05) is 31.4 Å². The first-order valence-electron chi connectivity index (χ1n) is 7.86. The lowest BCUT2D eigenvalue weighted by molar-refractivity contribution is 0.0827. The number of carbonyl (C=O) groups is 1. The SMILES string of the molecule is C[C@H]1CCCC[C@H]1NC(=S)Nc1ccc(C(=O)N(C)C)cc1. The second-order valence-electron chi connectivity index (χ2n) is 6.24. The number of amides is 1. The van der Waals surface area contributed by atoms with Gasteiger partial charge in [-0.2, -0.15) is 0 Å². The third kappa shape index (κ3) is 4.44. The van der Waals surface area contributed by atoms with Crippen LogP contribution in [0.2, 0.25) is 0 Å². The molecule has 0 aliphatic heterocycles. The summed E-state index contributed by atoms with van der Waals surface area (Å²) >= 11 is 5.40. The molecule has 1 saturated carbocycles. The van der Waals surface area contributed by atoms with Crippen LogP contribution in [0.15, 0.2) is 24.3 Å². The van der Waals surface area contributed by atoms with Gasteiger partial charge in [0.1, 0.15) is 0 Å². The van der Waals surface area contributed by atoms with E-state index < -0.39 is 0 Å². The summed E-state index contributed by atoms with van der Waals surface area (Å²) in [7, 11) is 3.50. The van der Waals surface area contributed by atoms with Crippen molar-refractivity contribution in [3.8, 4) is 0 Å². The lowest BCUT2D eigenvalue weighted by Gasteiger charge is -2.30. The molecule has 0 heterocycles. The van der Waals surface area contributed by atoms with E-state index in [9.17, 15) is 4.79 Å². The molecule has 2 N–H and O–H groups in total. The molecule has 1 aromatic carbocycles. The van der Waals surface area contributed by atoms with E-state index in [-0.39, 0.29) is 5.91 Å². The average molecular weight is 319 g/mol. The standard InChI is InChI=1S/C17H25N3OS/c1-12-6-4-5-7-15(12)19-17(22)18-14-10-8-13(9-11-14)16(21)20(2)3/h8-12,15H,4-7H2,1-3H3,(H2,18,19,22)/t12-,15+/m0/s1. The fourth-order valence-corrected chi connectivity index (χ4v) is 3.09. The van der Waals surface area contributed by atoms with Gasteiger partial charge in [0.05, 0.1) is 0 Å². The summed E-state index contributed by atoms with van der Waals surface area (Å²) in [4.78, 5) is 13.4. The van der Waals surface area contributed by atoms with Gasteiger partial charge in [-0.1, -0.05) is 19.8 Å². The van der Waals surface area contributed by atoms with Crippen molar-refractivity contribution in [1.82, 2.24) is 10.2 Å². The normalized spacial score (nSPS) is 21.0. The van der Waals surface area contributed by atoms with Crippen LogP contribution < -0.4 is 10.6 Å². The van der Waals surface area contributed by atoms with E-state index in [2.05, 4.69) is 17.6 Å². The van der Waals surface area contributed by atoms with Gasteiger partial charge in [0.2, 0.25) is 0 Å². The van der Waals surface area contributed by atoms with E-state index in [0.717, 1.165) is 5.69 Å². The Bertz CT molecular complexity index is 527. The third-order valence-corrected chi connectivity index (χ3v) is 4.44. The molecule has 120 valence electrons. The van der Waals surface area contributed by atoms with Crippen LogP contribution in [0.4, 0.5) is 5.69 Å². The predicted octanol–water partition coefficient (Wildman–Crippen LogP) is 3.25. The maximum Gasteiger partial charge on any atom is 0.253 e. The highest BCUT2D eigenvalue weighted by Gasteiger charge is 2.21. The van der Waals surface area contributed by atoms with Gasteiger partial charge >= 0.3 is 0 Å². The number of nitrogens with zero attached hydrogens (tertiary/aromatic N) is 1. The summed E-state index contributed by atoms with van der Waals surface area (Å²) in [5.41, 5.74) is 1.58. The van der Waals surface area contributed by atoms with Gasteiger partial charge in [0.25, 0.3) is 5.91 Å². The Labute approximate surface area is 138 Å². The zero-order chi connectivity index (χ0) is 16.1. The second-order valence-corrected chi connectivity index (χ2v) is 6.65. The molecule has 0 radical (unpaired) electrons. The molecular weight excluding hydrogens is 294 g/mol. The molecule has 1 aromatic rings. The number of thiocarbonyl (C=S) groups is 1. The zero-order valence-electron chi connectivity index (χ0n) is 13.6. The molecule has 1 aliphatic carbocycles. The molecule has 4 nitrogen and oxygen atoms in total. The number of hydrogen-bond acceptors (Lipinski definition) is 2. The molecule has 22 heavy (non-hydrogen) atoms. The maximum atomic E-state index is 11.8. The lowest BCUT2D eigenvalue weighted by atomic mass is 9.86. The monoisotopic (exact) mass is 319 g/mol. The number of hydrogen-bond donors (Lipinski definition) is 2. The number of nitrogens with one attached hydrogen (secondary N) is 2. The number of benzene rings is 1. The second kappa shape index (κ2) is 7.58. The summed E-state index contributed by atoms with van der Waals surface area (Å²) in [6.07, 6.45) is 5.04. The van der Waals surface area contributed by atoms with Gasteiger partial charge in [0.15, 0.2) is 5.11 Å². The van der Waals surface area contributed by atoms with Crippen LogP contribution in [0.25, 0.3) is 0 Å². The van der Waals surface area contributed by atoms with E-state index in [1.807, 2.05) is 24.3 Å². The summed E-state index contributed by atoms with van der Waals surface area (Å²) in [5.74, 6) is 0.664. The Hall–Kier alpha value is -1.62. The molecule has 0 bridgehead atoms. The molecular formula is C17H25N3OS. The molecule has 1 aliphatic rings. The molecule has 0 unspecified atom stereocenters. The molecule has 1 amide bonds. The zero-order valence-corrected chi connectivity index (χ0v) is 14.4. The highest BCUT2D eigenvalue weighted by Crippen LogP contribution is 2.23. The fourth-order valence-electron chi connectivity index (χ4n) is 2.82. The molecule has 0 saturated heterocycles. The van der Waals surface area contributed by atoms with Crippen LogP contribution >= 0.6 is 12.2 Å². The Morgan fingerprint density at radius 1 is 1.18 bits per heavy atom. The maximum absolute atomic E-state index is 11.8. The van der Waals surface area contributed by atoms with E-state index in [4.69, 9.17) is 12.2 Å². The third-order valence-electron chi connectivity index (χ3n) is 4.22. The van der Waals surface area contributed by atoms with Crippen LogP contribution in [-0.2, 0) is 0 Å². The molecule has 0 spiro atoms. The number of rotatable bonds is 3. The summed E-state index contributed by atoms with van der Waals surface area (Å²) in [5, 5.41) is 7.28.